The molecule has 0 aliphatic carbocycles. The molecule has 2 nitrogen and oxygen atoms in total. The van der Waals surface area contributed by atoms with E-state index in [1.54, 1.807) is 0 Å². The molecule has 0 amide bonds. The summed E-state index contributed by atoms with van der Waals surface area (Å²) in [5, 5.41) is 3.56. The molecule has 1 aromatic rings. The molecule has 1 aromatic carbocycles. The van der Waals surface area contributed by atoms with E-state index in [4.69, 9.17) is 5.73 Å². The number of hydrogen-bond donors (Lipinski definition) is 2. The van der Waals surface area contributed by atoms with Crippen molar-refractivity contribution in [2.75, 3.05) is 12.3 Å². The van der Waals surface area contributed by atoms with Crippen molar-refractivity contribution in [1.82, 2.24) is 5.32 Å². The van der Waals surface area contributed by atoms with Crippen LogP contribution in [-0.4, -0.2) is 6.54 Å². The number of nitrogens with one attached hydrogen (secondary N) is 1. The molecule has 0 atom stereocenters. The average Bonchev–Trinajstić information content (AvgIpc) is 2.21. The monoisotopic (exact) mass is 360 g/mol. The lowest BCUT2D eigenvalue weighted by atomic mass is 9.85. The average molecular weight is 360 g/mol. The zero-order valence-corrected chi connectivity index (χ0v) is 14.0. The van der Waals surface area contributed by atoms with Gasteiger partial charge in [-0.05, 0) is 70.7 Å². The standard InChI is InChI=1S/C15H25IN2/c1-10(2)15(11(3)4)9-18-8-12-5-13(16)7-14(17)6-12/h5-7,10-11,15,18H,8-9,17H2,1-4H3. The molecule has 0 spiro atoms. The second kappa shape index (κ2) is 7.34. The Bertz CT molecular complexity index is 347. The number of hydrogen-bond acceptors (Lipinski definition) is 2. The second-order valence-electron chi connectivity index (χ2n) is 5.68. The molecule has 0 fully saturated rings. The number of benzene rings is 1. The van der Waals surface area contributed by atoms with Crippen LogP contribution in [0.25, 0.3) is 0 Å². The highest BCUT2D eigenvalue weighted by molar-refractivity contribution is 14.1. The van der Waals surface area contributed by atoms with E-state index in [1.165, 1.54) is 9.13 Å². The third-order valence-corrected chi connectivity index (χ3v) is 4.02. The molecule has 0 radical (unpaired) electrons. The Kier molecular flexibility index (Phi) is 6.43. The Morgan fingerprint density at radius 1 is 1.11 bits per heavy atom. The van der Waals surface area contributed by atoms with Gasteiger partial charge in [0.25, 0.3) is 0 Å². The maximum atomic E-state index is 5.85. The molecular formula is C15H25IN2. The van der Waals surface area contributed by atoms with Gasteiger partial charge in [-0.25, -0.2) is 0 Å². The summed E-state index contributed by atoms with van der Waals surface area (Å²) in [6, 6.07) is 6.23. The zero-order chi connectivity index (χ0) is 13.7. The fourth-order valence-corrected chi connectivity index (χ4v) is 3.16. The van der Waals surface area contributed by atoms with Gasteiger partial charge >= 0.3 is 0 Å². The molecule has 0 unspecified atom stereocenters. The Morgan fingerprint density at radius 3 is 2.22 bits per heavy atom. The van der Waals surface area contributed by atoms with Gasteiger partial charge < -0.3 is 11.1 Å². The van der Waals surface area contributed by atoms with Crippen LogP contribution in [0.15, 0.2) is 18.2 Å². The Hall–Kier alpha value is -0.290. The van der Waals surface area contributed by atoms with Crippen LogP contribution in [0.1, 0.15) is 33.3 Å². The van der Waals surface area contributed by atoms with Gasteiger partial charge in [0.1, 0.15) is 0 Å². The van der Waals surface area contributed by atoms with E-state index in [-0.39, 0.29) is 0 Å². The van der Waals surface area contributed by atoms with Crippen LogP contribution in [0.2, 0.25) is 0 Å². The lowest BCUT2D eigenvalue weighted by Crippen LogP contribution is -2.29. The van der Waals surface area contributed by atoms with Crippen molar-refractivity contribution in [2.24, 2.45) is 17.8 Å². The molecule has 0 saturated carbocycles. The number of halogens is 1. The highest BCUT2D eigenvalue weighted by Gasteiger charge is 2.16. The van der Waals surface area contributed by atoms with Crippen LogP contribution in [0, 0.1) is 21.3 Å². The van der Waals surface area contributed by atoms with Crippen molar-refractivity contribution in [1.29, 1.82) is 0 Å². The molecule has 102 valence electrons. The minimum absolute atomic E-state index is 0.721. The lowest BCUT2D eigenvalue weighted by molar-refractivity contribution is 0.275. The smallest absolute Gasteiger partial charge is 0.0327 e. The van der Waals surface area contributed by atoms with Crippen molar-refractivity contribution in [2.45, 2.75) is 34.2 Å². The third kappa shape index (κ3) is 5.14. The molecule has 0 heterocycles. The SMILES string of the molecule is CC(C)C(CNCc1cc(N)cc(I)c1)C(C)C. The number of anilines is 1. The van der Waals surface area contributed by atoms with E-state index in [9.17, 15) is 0 Å². The van der Waals surface area contributed by atoms with Crippen LogP contribution < -0.4 is 11.1 Å². The molecule has 3 heteroatoms. The summed E-state index contributed by atoms with van der Waals surface area (Å²) in [7, 11) is 0. The third-order valence-electron chi connectivity index (χ3n) is 3.40. The molecule has 0 bridgehead atoms. The first-order valence-corrected chi connectivity index (χ1v) is 7.73. The van der Waals surface area contributed by atoms with Crippen molar-refractivity contribution in [3.63, 3.8) is 0 Å². The first-order chi connectivity index (χ1) is 8.40. The fourth-order valence-electron chi connectivity index (χ4n) is 2.40. The summed E-state index contributed by atoms with van der Waals surface area (Å²) in [5.41, 5.74) is 7.97. The van der Waals surface area contributed by atoms with Gasteiger partial charge in [0.2, 0.25) is 0 Å². The van der Waals surface area contributed by atoms with E-state index in [2.05, 4.69) is 67.7 Å². The van der Waals surface area contributed by atoms with Gasteiger partial charge in [0.15, 0.2) is 0 Å². The van der Waals surface area contributed by atoms with E-state index in [0.29, 0.717) is 0 Å². The number of rotatable bonds is 6. The zero-order valence-electron chi connectivity index (χ0n) is 11.8. The van der Waals surface area contributed by atoms with Gasteiger partial charge in [-0.3, -0.25) is 0 Å². The minimum Gasteiger partial charge on any atom is -0.399 e. The lowest BCUT2D eigenvalue weighted by Gasteiger charge is -2.25. The van der Waals surface area contributed by atoms with Crippen LogP contribution >= 0.6 is 22.6 Å². The maximum Gasteiger partial charge on any atom is 0.0327 e. The number of nitrogens with two attached hydrogens (primary N) is 1. The molecule has 0 aliphatic heterocycles. The summed E-state index contributed by atoms with van der Waals surface area (Å²) < 4.78 is 1.20. The second-order valence-corrected chi connectivity index (χ2v) is 6.92. The van der Waals surface area contributed by atoms with Crippen LogP contribution in [-0.2, 0) is 6.54 Å². The first kappa shape index (κ1) is 15.8. The van der Waals surface area contributed by atoms with Gasteiger partial charge in [0.05, 0.1) is 0 Å². The normalized spacial score (nSPS) is 11.8. The molecule has 0 aromatic heterocycles. The van der Waals surface area contributed by atoms with Crippen LogP contribution in [0.3, 0.4) is 0 Å². The maximum absolute atomic E-state index is 5.85. The molecule has 0 saturated heterocycles. The topological polar surface area (TPSA) is 38.0 Å². The minimum atomic E-state index is 0.721. The predicted octanol–water partition coefficient (Wildman–Crippen LogP) is 3.89. The van der Waals surface area contributed by atoms with E-state index >= 15 is 0 Å². The summed E-state index contributed by atoms with van der Waals surface area (Å²) >= 11 is 2.31. The highest BCUT2D eigenvalue weighted by Crippen LogP contribution is 2.20. The molecule has 0 aliphatic rings. The van der Waals surface area contributed by atoms with E-state index in [1.807, 2.05) is 6.07 Å². The molecule has 18 heavy (non-hydrogen) atoms. The summed E-state index contributed by atoms with van der Waals surface area (Å²) in [5.74, 6) is 2.17. The predicted molar refractivity (Wildman–Crippen MR) is 88.4 cm³/mol. The van der Waals surface area contributed by atoms with E-state index in [0.717, 1.165) is 36.5 Å². The van der Waals surface area contributed by atoms with Crippen molar-refractivity contribution < 1.29 is 0 Å². The van der Waals surface area contributed by atoms with Crippen LogP contribution in [0.5, 0.6) is 0 Å². The molecule has 1 rings (SSSR count). The quantitative estimate of drug-likeness (QED) is 0.597. The molecule has 3 N–H and O–H groups in total. The van der Waals surface area contributed by atoms with Crippen molar-refractivity contribution in [3.8, 4) is 0 Å². The van der Waals surface area contributed by atoms with Crippen molar-refractivity contribution in [3.05, 3.63) is 27.3 Å². The van der Waals surface area contributed by atoms with Gasteiger partial charge in [-0.15, -0.1) is 0 Å². The fraction of sp³-hybridized carbons (Fsp3) is 0.600. The van der Waals surface area contributed by atoms with Crippen LogP contribution in [0.4, 0.5) is 5.69 Å². The molecular weight excluding hydrogens is 335 g/mol. The first-order valence-electron chi connectivity index (χ1n) is 6.65. The van der Waals surface area contributed by atoms with Gasteiger partial charge in [0, 0.05) is 15.8 Å². The van der Waals surface area contributed by atoms with Gasteiger partial charge in [-0.1, -0.05) is 27.7 Å². The Morgan fingerprint density at radius 2 is 1.72 bits per heavy atom. The Balaban J connectivity index is 2.50. The summed E-state index contributed by atoms with van der Waals surface area (Å²) in [6.45, 7) is 11.2. The van der Waals surface area contributed by atoms with Crippen molar-refractivity contribution >= 4 is 28.3 Å². The Labute approximate surface area is 125 Å². The van der Waals surface area contributed by atoms with E-state index < -0.39 is 0 Å². The summed E-state index contributed by atoms with van der Waals surface area (Å²) in [4.78, 5) is 0. The largest absolute Gasteiger partial charge is 0.399 e. The summed E-state index contributed by atoms with van der Waals surface area (Å²) in [6.07, 6.45) is 0. The highest BCUT2D eigenvalue weighted by atomic mass is 127. The van der Waals surface area contributed by atoms with Gasteiger partial charge in [-0.2, -0.15) is 0 Å². The number of nitrogen functional groups attached to an aromatic ring is 1.